The third-order valence-corrected chi connectivity index (χ3v) is 5.54. The maximum atomic E-state index is 6.03. The van der Waals surface area contributed by atoms with Crippen molar-refractivity contribution >= 4 is 29.9 Å². The third-order valence-electron chi connectivity index (χ3n) is 5.54. The minimum absolute atomic E-state index is 0. The molecule has 1 saturated carbocycles. The lowest BCUT2D eigenvalue weighted by atomic mass is 10.1. The first-order valence-electron chi connectivity index (χ1n) is 11.2. The number of halogens is 1. The summed E-state index contributed by atoms with van der Waals surface area (Å²) in [5.74, 6) is 1.83. The predicted molar refractivity (Wildman–Crippen MR) is 132 cm³/mol. The molecular weight excluding hydrogens is 493 g/mol. The highest BCUT2D eigenvalue weighted by Crippen LogP contribution is 2.24. The molecule has 0 amide bonds. The molecule has 0 radical (unpaired) electrons. The van der Waals surface area contributed by atoms with E-state index in [1.807, 2.05) is 0 Å². The average molecular weight is 531 g/mol. The minimum atomic E-state index is 0. The summed E-state index contributed by atoms with van der Waals surface area (Å²) >= 11 is 0. The highest BCUT2D eigenvalue weighted by molar-refractivity contribution is 14.0. The van der Waals surface area contributed by atoms with E-state index >= 15 is 0 Å². The van der Waals surface area contributed by atoms with Gasteiger partial charge in [0, 0.05) is 33.4 Å². The Kier molecular flexibility index (Phi) is 12.5. The van der Waals surface area contributed by atoms with E-state index < -0.39 is 0 Å². The Bertz CT molecular complexity index is 600. The van der Waals surface area contributed by atoms with Crippen LogP contribution in [0.15, 0.2) is 29.3 Å². The van der Waals surface area contributed by atoms with Crippen LogP contribution >= 0.6 is 24.0 Å². The summed E-state index contributed by atoms with van der Waals surface area (Å²) < 4.78 is 17.3. The van der Waals surface area contributed by atoms with Crippen LogP contribution in [0.5, 0.6) is 5.75 Å². The number of nitrogens with zero attached hydrogens (tertiary/aromatic N) is 1. The summed E-state index contributed by atoms with van der Waals surface area (Å²) in [7, 11) is 1.80. The number of aliphatic imine (C=N–C) groups is 1. The van der Waals surface area contributed by atoms with E-state index in [9.17, 15) is 0 Å². The maximum absolute atomic E-state index is 6.03. The van der Waals surface area contributed by atoms with Gasteiger partial charge in [0.1, 0.15) is 5.75 Å². The summed E-state index contributed by atoms with van der Waals surface area (Å²) in [6.45, 7) is 4.04. The number of nitrogens with one attached hydrogen (secondary N) is 2. The number of hydrogen-bond donors (Lipinski definition) is 2. The normalized spacial score (nSPS) is 19.5. The van der Waals surface area contributed by atoms with Gasteiger partial charge in [0.2, 0.25) is 0 Å². The first-order chi connectivity index (χ1) is 14.3. The van der Waals surface area contributed by atoms with Gasteiger partial charge >= 0.3 is 0 Å². The quantitative estimate of drug-likeness (QED) is 0.196. The second kappa shape index (κ2) is 14.9. The lowest BCUT2D eigenvalue weighted by Crippen LogP contribution is -2.39. The molecule has 1 heterocycles. The van der Waals surface area contributed by atoms with Gasteiger partial charge < -0.3 is 24.8 Å². The zero-order chi connectivity index (χ0) is 20.2. The second-order valence-corrected chi connectivity index (χ2v) is 7.91. The number of hydrogen-bond acceptors (Lipinski definition) is 4. The standard InChI is InChI=1S/C23H37N3O3.HI/c1-24-23(25-14-5-16-27-18-22-8-4-17-28-22)26-15-13-19-9-11-21(12-10-19)29-20-6-2-3-7-20;/h9-12,20,22H,2-8,13-18H2,1H3,(H2,24,25,26);1H. The van der Waals surface area contributed by atoms with Gasteiger partial charge in [0.25, 0.3) is 0 Å². The largest absolute Gasteiger partial charge is 0.490 e. The zero-order valence-corrected chi connectivity index (χ0v) is 20.6. The Hall–Kier alpha value is -1.06. The molecule has 170 valence electrons. The molecule has 1 aromatic carbocycles. The monoisotopic (exact) mass is 531 g/mol. The Labute approximate surface area is 198 Å². The second-order valence-electron chi connectivity index (χ2n) is 7.91. The topological polar surface area (TPSA) is 64.1 Å². The van der Waals surface area contributed by atoms with Crippen molar-refractivity contribution in [1.29, 1.82) is 0 Å². The molecule has 2 N–H and O–H groups in total. The molecule has 1 saturated heterocycles. The van der Waals surface area contributed by atoms with E-state index in [0.717, 1.165) is 70.3 Å². The van der Waals surface area contributed by atoms with Gasteiger partial charge in [-0.25, -0.2) is 0 Å². The average Bonchev–Trinajstić information content (AvgIpc) is 3.44. The van der Waals surface area contributed by atoms with Crippen molar-refractivity contribution in [2.75, 3.05) is 40.0 Å². The number of rotatable bonds is 11. The van der Waals surface area contributed by atoms with Crippen molar-refractivity contribution in [3.8, 4) is 5.75 Å². The first-order valence-corrected chi connectivity index (χ1v) is 11.2. The van der Waals surface area contributed by atoms with Crippen molar-refractivity contribution in [1.82, 2.24) is 10.6 Å². The molecule has 0 aromatic heterocycles. The SMILES string of the molecule is CN=C(NCCCOCC1CCCO1)NCCc1ccc(OC2CCCC2)cc1.I. The summed E-state index contributed by atoms with van der Waals surface area (Å²) in [6.07, 6.45) is 9.90. The van der Waals surface area contributed by atoms with Gasteiger partial charge in [-0.05, 0) is 69.1 Å². The molecule has 1 unspecified atom stereocenters. The maximum Gasteiger partial charge on any atom is 0.190 e. The first kappa shape index (κ1) is 25.2. The molecule has 0 bridgehead atoms. The Balaban J connectivity index is 0.00000320. The van der Waals surface area contributed by atoms with Crippen molar-refractivity contribution in [3.05, 3.63) is 29.8 Å². The van der Waals surface area contributed by atoms with Crippen molar-refractivity contribution in [2.24, 2.45) is 4.99 Å². The molecule has 1 atom stereocenters. The van der Waals surface area contributed by atoms with Gasteiger partial charge in [-0.15, -0.1) is 24.0 Å². The van der Waals surface area contributed by atoms with Gasteiger partial charge in [-0.3, -0.25) is 4.99 Å². The predicted octanol–water partition coefficient (Wildman–Crippen LogP) is 3.92. The molecule has 2 fully saturated rings. The van der Waals surface area contributed by atoms with E-state index in [0.29, 0.717) is 12.2 Å². The van der Waals surface area contributed by atoms with Crippen LogP contribution in [0.4, 0.5) is 0 Å². The van der Waals surface area contributed by atoms with E-state index in [1.54, 1.807) is 7.05 Å². The van der Waals surface area contributed by atoms with E-state index in [2.05, 4.69) is 39.9 Å². The van der Waals surface area contributed by atoms with Gasteiger partial charge in [-0.2, -0.15) is 0 Å². The molecule has 6 nitrogen and oxygen atoms in total. The van der Waals surface area contributed by atoms with E-state index in [1.165, 1.54) is 31.2 Å². The van der Waals surface area contributed by atoms with Crippen LogP contribution in [0, 0.1) is 0 Å². The molecular formula is C23H38IN3O3. The molecule has 30 heavy (non-hydrogen) atoms. The third kappa shape index (κ3) is 9.39. The van der Waals surface area contributed by atoms with Gasteiger partial charge in [0.15, 0.2) is 5.96 Å². The van der Waals surface area contributed by atoms with Crippen LogP contribution in [0.25, 0.3) is 0 Å². The fourth-order valence-corrected chi connectivity index (χ4v) is 3.85. The Morgan fingerprint density at radius 1 is 1.07 bits per heavy atom. The Morgan fingerprint density at radius 3 is 2.53 bits per heavy atom. The van der Waals surface area contributed by atoms with Crippen molar-refractivity contribution < 1.29 is 14.2 Å². The van der Waals surface area contributed by atoms with Crippen molar-refractivity contribution in [2.45, 2.75) is 63.6 Å². The van der Waals surface area contributed by atoms with Gasteiger partial charge in [0.05, 0.1) is 18.8 Å². The fourth-order valence-electron chi connectivity index (χ4n) is 3.85. The molecule has 1 aliphatic carbocycles. The van der Waals surface area contributed by atoms with Gasteiger partial charge in [-0.1, -0.05) is 12.1 Å². The highest BCUT2D eigenvalue weighted by atomic mass is 127. The fraction of sp³-hybridized carbons (Fsp3) is 0.696. The summed E-state index contributed by atoms with van der Waals surface area (Å²) in [5, 5.41) is 6.71. The van der Waals surface area contributed by atoms with Crippen LogP contribution in [-0.2, 0) is 15.9 Å². The van der Waals surface area contributed by atoms with Crippen LogP contribution < -0.4 is 15.4 Å². The lowest BCUT2D eigenvalue weighted by molar-refractivity contribution is 0.0168. The van der Waals surface area contributed by atoms with E-state index in [-0.39, 0.29) is 24.0 Å². The van der Waals surface area contributed by atoms with Crippen LogP contribution in [0.2, 0.25) is 0 Å². The summed E-state index contributed by atoms with van der Waals surface area (Å²) in [6, 6.07) is 8.51. The zero-order valence-electron chi connectivity index (χ0n) is 18.2. The number of guanidine groups is 1. The molecule has 2 aliphatic rings. The Morgan fingerprint density at radius 2 is 1.83 bits per heavy atom. The van der Waals surface area contributed by atoms with Crippen LogP contribution in [0.3, 0.4) is 0 Å². The molecule has 7 heteroatoms. The summed E-state index contributed by atoms with van der Waals surface area (Å²) in [5.41, 5.74) is 1.30. The lowest BCUT2D eigenvalue weighted by Gasteiger charge is -2.14. The molecule has 3 rings (SSSR count). The molecule has 0 spiro atoms. The number of ether oxygens (including phenoxy) is 3. The summed E-state index contributed by atoms with van der Waals surface area (Å²) in [4.78, 5) is 4.29. The molecule has 1 aromatic rings. The number of benzene rings is 1. The highest BCUT2D eigenvalue weighted by Gasteiger charge is 2.16. The molecule has 1 aliphatic heterocycles. The van der Waals surface area contributed by atoms with Crippen LogP contribution in [-0.4, -0.2) is 58.1 Å². The smallest absolute Gasteiger partial charge is 0.190 e. The van der Waals surface area contributed by atoms with Crippen LogP contribution in [0.1, 0.15) is 50.5 Å². The van der Waals surface area contributed by atoms with E-state index in [4.69, 9.17) is 14.2 Å². The van der Waals surface area contributed by atoms with Crippen molar-refractivity contribution in [3.63, 3.8) is 0 Å². The minimum Gasteiger partial charge on any atom is -0.490 e.